The fraction of sp³-hybridized carbons (Fsp3) is 0.188. The third kappa shape index (κ3) is 3.58. The summed E-state index contributed by atoms with van der Waals surface area (Å²) >= 11 is 0. The number of benzene rings is 2. The zero-order chi connectivity index (χ0) is 13.7. The molecule has 0 aliphatic carbocycles. The lowest BCUT2D eigenvalue weighted by molar-refractivity contribution is 0.251. The van der Waals surface area contributed by atoms with Gasteiger partial charge >= 0.3 is 6.03 Å². The van der Waals surface area contributed by atoms with Crippen molar-refractivity contribution in [2.45, 2.75) is 20.4 Å². The molecule has 2 rings (SSSR count). The number of amides is 2. The predicted molar refractivity (Wildman–Crippen MR) is 78.2 cm³/mol. The van der Waals surface area contributed by atoms with Gasteiger partial charge in [-0.1, -0.05) is 42.5 Å². The summed E-state index contributed by atoms with van der Waals surface area (Å²) < 4.78 is 0. The normalized spacial score (nSPS) is 10.0. The molecule has 0 aliphatic rings. The number of hydrogen-bond donors (Lipinski definition) is 2. The minimum atomic E-state index is -0.183. The van der Waals surface area contributed by atoms with Crippen LogP contribution in [0.15, 0.2) is 48.5 Å². The van der Waals surface area contributed by atoms with Crippen molar-refractivity contribution in [3.05, 3.63) is 65.2 Å². The molecule has 2 aromatic rings. The summed E-state index contributed by atoms with van der Waals surface area (Å²) in [6.07, 6.45) is 0. The van der Waals surface area contributed by atoms with E-state index in [1.165, 1.54) is 5.56 Å². The number of carbonyl (C=O) groups excluding carboxylic acids is 1. The summed E-state index contributed by atoms with van der Waals surface area (Å²) in [6, 6.07) is 15.5. The first-order valence-corrected chi connectivity index (χ1v) is 6.32. The summed E-state index contributed by atoms with van der Waals surface area (Å²) in [4.78, 5) is 11.8. The first kappa shape index (κ1) is 13.1. The second-order valence-corrected chi connectivity index (χ2v) is 4.54. The van der Waals surface area contributed by atoms with Crippen LogP contribution in [0.2, 0.25) is 0 Å². The van der Waals surface area contributed by atoms with Crippen molar-refractivity contribution >= 4 is 11.7 Å². The zero-order valence-electron chi connectivity index (χ0n) is 11.2. The Morgan fingerprint density at radius 2 is 1.74 bits per heavy atom. The molecule has 0 saturated carbocycles. The van der Waals surface area contributed by atoms with Gasteiger partial charge in [-0.15, -0.1) is 0 Å². The number of aryl methyl sites for hydroxylation is 1. The summed E-state index contributed by atoms with van der Waals surface area (Å²) in [5.41, 5.74) is 4.20. The van der Waals surface area contributed by atoms with Crippen molar-refractivity contribution < 1.29 is 4.79 Å². The van der Waals surface area contributed by atoms with Gasteiger partial charge in [-0.05, 0) is 36.6 Å². The Bertz CT molecular complexity index is 564. The van der Waals surface area contributed by atoms with Crippen LogP contribution >= 0.6 is 0 Å². The second kappa shape index (κ2) is 6.05. The lowest BCUT2D eigenvalue weighted by atomic mass is 10.1. The van der Waals surface area contributed by atoms with Crippen LogP contribution in [0.5, 0.6) is 0 Å². The van der Waals surface area contributed by atoms with E-state index in [1.807, 2.05) is 62.4 Å². The molecule has 2 N–H and O–H groups in total. The predicted octanol–water partition coefficient (Wildman–Crippen LogP) is 3.63. The van der Waals surface area contributed by atoms with Crippen molar-refractivity contribution in [2.24, 2.45) is 0 Å². The fourth-order valence-electron chi connectivity index (χ4n) is 1.83. The first-order chi connectivity index (χ1) is 9.16. The Morgan fingerprint density at radius 1 is 1.00 bits per heavy atom. The number of nitrogens with one attached hydrogen (secondary N) is 2. The first-order valence-electron chi connectivity index (χ1n) is 6.32. The van der Waals surface area contributed by atoms with Gasteiger partial charge in [0.25, 0.3) is 0 Å². The van der Waals surface area contributed by atoms with E-state index in [4.69, 9.17) is 0 Å². The molecule has 0 aliphatic heterocycles. The number of rotatable bonds is 3. The van der Waals surface area contributed by atoms with E-state index in [0.717, 1.165) is 16.8 Å². The van der Waals surface area contributed by atoms with Gasteiger partial charge in [-0.3, -0.25) is 0 Å². The van der Waals surface area contributed by atoms with Gasteiger partial charge in [0.2, 0.25) is 0 Å². The van der Waals surface area contributed by atoms with Gasteiger partial charge < -0.3 is 10.6 Å². The number of hydrogen-bond acceptors (Lipinski definition) is 1. The van der Waals surface area contributed by atoms with Crippen molar-refractivity contribution in [3.63, 3.8) is 0 Å². The van der Waals surface area contributed by atoms with Gasteiger partial charge in [0.1, 0.15) is 0 Å². The molecule has 98 valence electrons. The highest BCUT2D eigenvalue weighted by Crippen LogP contribution is 2.17. The average molecular weight is 254 g/mol. The monoisotopic (exact) mass is 254 g/mol. The molecule has 0 radical (unpaired) electrons. The Labute approximate surface area is 113 Å². The average Bonchev–Trinajstić information content (AvgIpc) is 2.43. The third-order valence-electron chi connectivity index (χ3n) is 3.15. The van der Waals surface area contributed by atoms with E-state index in [1.54, 1.807) is 0 Å². The molecule has 0 saturated heterocycles. The molecular weight excluding hydrogens is 236 g/mol. The molecule has 0 heterocycles. The molecule has 0 spiro atoms. The number of anilines is 1. The topological polar surface area (TPSA) is 41.1 Å². The van der Waals surface area contributed by atoms with Gasteiger partial charge in [0, 0.05) is 12.2 Å². The highest BCUT2D eigenvalue weighted by molar-refractivity contribution is 5.90. The van der Waals surface area contributed by atoms with Crippen LogP contribution in [0.3, 0.4) is 0 Å². The van der Waals surface area contributed by atoms with E-state index in [0.29, 0.717) is 6.54 Å². The maximum atomic E-state index is 11.8. The third-order valence-corrected chi connectivity index (χ3v) is 3.15. The maximum Gasteiger partial charge on any atom is 0.319 e. The summed E-state index contributed by atoms with van der Waals surface area (Å²) in [6.45, 7) is 4.56. The Hall–Kier alpha value is -2.29. The smallest absolute Gasteiger partial charge is 0.319 e. The summed E-state index contributed by atoms with van der Waals surface area (Å²) in [5, 5.41) is 5.72. The lowest BCUT2D eigenvalue weighted by Crippen LogP contribution is -2.28. The Kier molecular flexibility index (Phi) is 4.18. The lowest BCUT2D eigenvalue weighted by Gasteiger charge is -2.11. The van der Waals surface area contributed by atoms with E-state index >= 15 is 0 Å². The minimum Gasteiger partial charge on any atom is -0.334 e. The molecule has 0 bridgehead atoms. The second-order valence-electron chi connectivity index (χ2n) is 4.54. The van der Waals surface area contributed by atoms with Gasteiger partial charge in [0.05, 0.1) is 0 Å². The van der Waals surface area contributed by atoms with Crippen LogP contribution in [0, 0.1) is 13.8 Å². The van der Waals surface area contributed by atoms with Crippen molar-refractivity contribution in [2.75, 3.05) is 5.32 Å². The number of carbonyl (C=O) groups is 1. The van der Waals surface area contributed by atoms with Crippen LogP contribution in [-0.2, 0) is 6.54 Å². The van der Waals surface area contributed by atoms with E-state index in [2.05, 4.69) is 10.6 Å². The van der Waals surface area contributed by atoms with Gasteiger partial charge in [-0.25, -0.2) is 4.79 Å². The molecule has 0 unspecified atom stereocenters. The molecule has 2 aromatic carbocycles. The largest absolute Gasteiger partial charge is 0.334 e. The Balaban J connectivity index is 1.93. The SMILES string of the molecule is Cc1cccc(NC(=O)NCc2ccccc2)c1C. The van der Waals surface area contributed by atoms with Crippen LogP contribution in [0.25, 0.3) is 0 Å². The standard InChI is InChI=1S/C16H18N2O/c1-12-7-6-10-15(13(12)2)18-16(19)17-11-14-8-4-3-5-9-14/h3-10H,11H2,1-2H3,(H2,17,18,19). The van der Waals surface area contributed by atoms with Crippen molar-refractivity contribution in [1.82, 2.24) is 5.32 Å². The molecule has 2 amide bonds. The highest BCUT2D eigenvalue weighted by Gasteiger charge is 2.05. The van der Waals surface area contributed by atoms with Gasteiger partial charge in [0.15, 0.2) is 0 Å². The maximum absolute atomic E-state index is 11.8. The van der Waals surface area contributed by atoms with Crippen molar-refractivity contribution in [3.8, 4) is 0 Å². The quantitative estimate of drug-likeness (QED) is 0.863. The van der Waals surface area contributed by atoms with Crippen LogP contribution in [-0.4, -0.2) is 6.03 Å². The highest BCUT2D eigenvalue weighted by atomic mass is 16.2. The number of urea groups is 1. The molecular formula is C16H18N2O. The fourth-order valence-corrected chi connectivity index (χ4v) is 1.83. The van der Waals surface area contributed by atoms with Crippen molar-refractivity contribution in [1.29, 1.82) is 0 Å². The van der Waals surface area contributed by atoms with Crippen LogP contribution < -0.4 is 10.6 Å². The Morgan fingerprint density at radius 3 is 2.47 bits per heavy atom. The summed E-state index contributed by atoms with van der Waals surface area (Å²) in [5.74, 6) is 0. The molecule has 0 atom stereocenters. The van der Waals surface area contributed by atoms with Gasteiger partial charge in [-0.2, -0.15) is 0 Å². The van der Waals surface area contributed by atoms with E-state index < -0.39 is 0 Å². The molecule has 3 heteroatoms. The summed E-state index contributed by atoms with van der Waals surface area (Å²) in [7, 11) is 0. The molecule has 3 nitrogen and oxygen atoms in total. The van der Waals surface area contributed by atoms with Crippen LogP contribution in [0.1, 0.15) is 16.7 Å². The minimum absolute atomic E-state index is 0.183. The molecule has 19 heavy (non-hydrogen) atoms. The van der Waals surface area contributed by atoms with E-state index in [-0.39, 0.29) is 6.03 Å². The van der Waals surface area contributed by atoms with E-state index in [9.17, 15) is 4.79 Å². The molecule has 0 aromatic heterocycles. The zero-order valence-corrected chi connectivity index (χ0v) is 11.2. The molecule has 0 fully saturated rings. The van der Waals surface area contributed by atoms with Crippen LogP contribution in [0.4, 0.5) is 10.5 Å².